The third kappa shape index (κ3) is 5.14. The van der Waals surface area contributed by atoms with Crippen molar-refractivity contribution in [2.75, 3.05) is 11.9 Å². The van der Waals surface area contributed by atoms with Crippen LogP contribution in [0, 0.1) is 18.6 Å². The van der Waals surface area contributed by atoms with Gasteiger partial charge in [-0.2, -0.15) is 5.10 Å². The first-order valence-corrected chi connectivity index (χ1v) is 9.39. The predicted octanol–water partition coefficient (Wildman–Crippen LogP) is 4.62. The number of nitrogens with zero attached hydrogens (tertiary/aromatic N) is 2. The van der Waals surface area contributed by atoms with Crippen LogP contribution in [0.15, 0.2) is 42.5 Å². The number of rotatable bonds is 6. The summed E-state index contributed by atoms with van der Waals surface area (Å²) < 4.78 is 32.7. The smallest absolute Gasteiger partial charge is 0.343 e. The van der Waals surface area contributed by atoms with E-state index in [9.17, 15) is 18.4 Å². The van der Waals surface area contributed by atoms with Crippen LogP contribution in [0.2, 0.25) is 10.2 Å². The lowest BCUT2D eigenvalue weighted by molar-refractivity contribution is -0.119. The maximum Gasteiger partial charge on any atom is 0.343 e. The molecule has 0 aliphatic carbocycles. The molecule has 0 fully saturated rings. The van der Waals surface area contributed by atoms with Crippen LogP contribution in [0.4, 0.5) is 14.5 Å². The number of esters is 1. The van der Waals surface area contributed by atoms with Gasteiger partial charge in [-0.05, 0) is 30.7 Å². The number of anilines is 1. The summed E-state index contributed by atoms with van der Waals surface area (Å²) in [6, 6.07) is 9.65. The Morgan fingerprint density at radius 1 is 1.13 bits per heavy atom. The van der Waals surface area contributed by atoms with Crippen LogP contribution in [0.25, 0.3) is 0 Å². The molecule has 0 saturated carbocycles. The Morgan fingerprint density at radius 3 is 2.47 bits per heavy atom. The van der Waals surface area contributed by atoms with Gasteiger partial charge in [-0.3, -0.25) is 4.79 Å². The molecule has 3 rings (SSSR count). The SMILES string of the molecule is Cc1nn(Cc2ccccc2Cl)c(Cl)c1C(=O)OCC(=O)Nc1cc(F)cc(F)c1. The second kappa shape index (κ2) is 9.23. The lowest BCUT2D eigenvalue weighted by Crippen LogP contribution is -2.21. The quantitative estimate of drug-likeness (QED) is 0.552. The predicted molar refractivity (Wildman–Crippen MR) is 108 cm³/mol. The molecule has 0 atom stereocenters. The first kappa shape index (κ1) is 21.7. The third-order valence-corrected chi connectivity index (χ3v) is 4.78. The van der Waals surface area contributed by atoms with Gasteiger partial charge >= 0.3 is 5.97 Å². The fourth-order valence-electron chi connectivity index (χ4n) is 2.70. The molecule has 0 spiro atoms. The Labute approximate surface area is 180 Å². The summed E-state index contributed by atoms with van der Waals surface area (Å²) in [6.45, 7) is 1.13. The summed E-state index contributed by atoms with van der Waals surface area (Å²) in [5.41, 5.74) is 0.971. The number of aryl methyl sites for hydroxylation is 1. The topological polar surface area (TPSA) is 73.2 Å². The molecular weight excluding hydrogens is 439 g/mol. The molecule has 6 nitrogen and oxygen atoms in total. The number of halogens is 4. The Hall–Kier alpha value is -2.97. The van der Waals surface area contributed by atoms with Crippen LogP contribution in [0.1, 0.15) is 21.6 Å². The summed E-state index contributed by atoms with van der Waals surface area (Å²) in [7, 11) is 0. The average Bonchev–Trinajstić information content (AvgIpc) is 2.94. The van der Waals surface area contributed by atoms with Crippen molar-refractivity contribution in [3.05, 3.63) is 81.1 Å². The van der Waals surface area contributed by atoms with Crippen molar-refractivity contribution < 1.29 is 23.1 Å². The minimum atomic E-state index is -0.858. The number of amides is 1. The Balaban J connectivity index is 1.66. The lowest BCUT2D eigenvalue weighted by Gasteiger charge is -2.08. The van der Waals surface area contributed by atoms with Crippen molar-refractivity contribution in [2.24, 2.45) is 0 Å². The monoisotopic (exact) mass is 453 g/mol. The summed E-state index contributed by atoms with van der Waals surface area (Å²) in [4.78, 5) is 24.3. The van der Waals surface area contributed by atoms with Crippen LogP contribution in [-0.4, -0.2) is 28.3 Å². The molecule has 1 N–H and O–H groups in total. The Bertz CT molecular complexity index is 1100. The largest absolute Gasteiger partial charge is 0.452 e. The molecule has 0 aliphatic rings. The molecule has 3 aromatic rings. The van der Waals surface area contributed by atoms with E-state index in [-0.39, 0.29) is 22.9 Å². The standard InChI is InChI=1S/C20H15Cl2F2N3O3/c1-11-18(19(22)27(26-11)9-12-4-2-3-5-16(12)21)20(29)30-10-17(28)25-15-7-13(23)6-14(24)8-15/h2-8H,9-10H2,1H3,(H,25,28). The van der Waals surface area contributed by atoms with Crippen LogP contribution in [0.3, 0.4) is 0 Å². The van der Waals surface area contributed by atoms with E-state index in [2.05, 4.69) is 10.4 Å². The molecule has 1 heterocycles. The second-order valence-electron chi connectivity index (χ2n) is 6.28. The van der Waals surface area contributed by atoms with Crippen molar-refractivity contribution in [3.63, 3.8) is 0 Å². The molecule has 10 heteroatoms. The molecule has 0 bridgehead atoms. The normalized spacial score (nSPS) is 10.7. The van der Waals surface area contributed by atoms with E-state index in [1.807, 2.05) is 6.07 Å². The van der Waals surface area contributed by atoms with E-state index in [0.717, 1.165) is 17.7 Å². The minimum absolute atomic E-state index is 0.00770. The fraction of sp³-hybridized carbons (Fsp3) is 0.150. The van der Waals surface area contributed by atoms with E-state index in [4.69, 9.17) is 27.9 Å². The summed E-state index contributed by atoms with van der Waals surface area (Å²) in [5.74, 6) is -3.33. The molecule has 0 aliphatic heterocycles. The zero-order valence-corrected chi connectivity index (χ0v) is 17.1. The zero-order valence-electron chi connectivity index (χ0n) is 15.6. The molecule has 30 heavy (non-hydrogen) atoms. The van der Waals surface area contributed by atoms with E-state index in [1.165, 1.54) is 4.68 Å². The van der Waals surface area contributed by atoms with Crippen LogP contribution < -0.4 is 5.32 Å². The zero-order chi connectivity index (χ0) is 21.8. The maximum atomic E-state index is 13.2. The number of ether oxygens (including phenoxy) is 1. The van der Waals surface area contributed by atoms with Gasteiger partial charge in [0, 0.05) is 16.8 Å². The molecule has 1 amide bonds. The first-order chi connectivity index (χ1) is 14.2. The number of carbonyl (C=O) groups excluding carboxylic acids is 2. The van der Waals surface area contributed by atoms with Gasteiger partial charge in [-0.25, -0.2) is 18.3 Å². The fourth-order valence-corrected chi connectivity index (χ4v) is 3.21. The molecule has 156 valence electrons. The van der Waals surface area contributed by atoms with Crippen molar-refractivity contribution >= 4 is 40.8 Å². The van der Waals surface area contributed by atoms with Gasteiger partial charge < -0.3 is 10.1 Å². The highest BCUT2D eigenvalue weighted by Crippen LogP contribution is 2.24. The van der Waals surface area contributed by atoms with Gasteiger partial charge in [-0.1, -0.05) is 41.4 Å². The minimum Gasteiger partial charge on any atom is -0.452 e. The molecule has 2 aromatic carbocycles. The molecular formula is C20H15Cl2F2N3O3. The van der Waals surface area contributed by atoms with Gasteiger partial charge in [0.15, 0.2) is 6.61 Å². The highest BCUT2D eigenvalue weighted by Gasteiger charge is 2.23. The molecule has 0 unspecified atom stereocenters. The lowest BCUT2D eigenvalue weighted by atomic mass is 10.2. The van der Waals surface area contributed by atoms with E-state index < -0.39 is 30.1 Å². The third-order valence-electron chi connectivity index (χ3n) is 4.03. The number of nitrogens with one attached hydrogen (secondary N) is 1. The summed E-state index contributed by atoms with van der Waals surface area (Å²) in [5, 5.41) is 7.02. The Morgan fingerprint density at radius 2 is 1.80 bits per heavy atom. The van der Waals surface area contributed by atoms with Gasteiger partial charge in [0.1, 0.15) is 22.4 Å². The van der Waals surface area contributed by atoms with Crippen molar-refractivity contribution in [2.45, 2.75) is 13.5 Å². The number of benzene rings is 2. The van der Waals surface area contributed by atoms with Gasteiger partial charge in [-0.15, -0.1) is 0 Å². The van der Waals surface area contributed by atoms with Gasteiger partial charge in [0.25, 0.3) is 5.91 Å². The second-order valence-corrected chi connectivity index (χ2v) is 7.05. The average molecular weight is 454 g/mol. The van der Waals surface area contributed by atoms with Crippen LogP contribution in [-0.2, 0) is 16.1 Å². The van der Waals surface area contributed by atoms with Gasteiger partial charge in [0.2, 0.25) is 0 Å². The van der Waals surface area contributed by atoms with Crippen LogP contribution >= 0.6 is 23.2 Å². The Kier molecular flexibility index (Phi) is 6.69. The number of carbonyl (C=O) groups is 2. The van der Waals surface area contributed by atoms with Crippen LogP contribution in [0.5, 0.6) is 0 Å². The van der Waals surface area contributed by atoms with Crippen molar-refractivity contribution in [1.29, 1.82) is 0 Å². The van der Waals surface area contributed by atoms with Gasteiger partial charge in [0.05, 0.1) is 12.2 Å². The van der Waals surface area contributed by atoms with E-state index >= 15 is 0 Å². The number of aromatic nitrogens is 2. The van der Waals surface area contributed by atoms with E-state index in [1.54, 1.807) is 25.1 Å². The van der Waals surface area contributed by atoms with Crippen molar-refractivity contribution in [3.8, 4) is 0 Å². The first-order valence-electron chi connectivity index (χ1n) is 8.64. The molecule has 0 saturated heterocycles. The van der Waals surface area contributed by atoms with Crippen molar-refractivity contribution in [1.82, 2.24) is 9.78 Å². The number of hydrogen-bond acceptors (Lipinski definition) is 4. The molecule has 1 aromatic heterocycles. The summed E-state index contributed by atoms with van der Waals surface area (Å²) in [6.07, 6.45) is 0. The summed E-state index contributed by atoms with van der Waals surface area (Å²) >= 11 is 12.4. The van der Waals surface area contributed by atoms with E-state index in [0.29, 0.717) is 16.8 Å². The highest BCUT2D eigenvalue weighted by molar-refractivity contribution is 6.33. The maximum absolute atomic E-state index is 13.2. The highest BCUT2D eigenvalue weighted by atomic mass is 35.5. The number of hydrogen-bond donors (Lipinski definition) is 1. The molecule has 0 radical (unpaired) electrons.